The van der Waals surface area contributed by atoms with Crippen molar-refractivity contribution in [3.05, 3.63) is 57.5 Å². The van der Waals surface area contributed by atoms with E-state index in [-0.39, 0.29) is 43.3 Å². The van der Waals surface area contributed by atoms with Crippen LogP contribution in [0.25, 0.3) is 11.0 Å². The molecule has 0 fully saturated rings. The van der Waals surface area contributed by atoms with Crippen LogP contribution in [0.5, 0.6) is 0 Å². The Morgan fingerprint density at radius 2 is 1.81 bits per heavy atom. The van der Waals surface area contributed by atoms with Gasteiger partial charge in [-0.3, -0.25) is 19.1 Å². The summed E-state index contributed by atoms with van der Waals surface area (Å²) < 4.78 is 22.9. The van der Waals surface area contributed by atoms with Gasteiger partial charge in [0.1, 0.15) is 5.65 Å². The first-order valence-electron chi connectivity index (χ1n) is 10.5. The molecule has 0 atom stereocenters. The Balaban J connectivity index is 1.53. The second kappa shape index (κ2) is 10.6. The number of carbonyl (C=O) groups excluding carboxylic acids is 1. The molecule has 3 rings (SSSR count). The minimum absolute atomic E-state index is 0.0726. The first-order chi connectivity index (χ1) is 15.3. The second-order valence-corrected chi connectivity index (χ2v) is 9.32. The molecule has 2 aromatic heterocycles. The van der Waals surface area contributed by atoms with Crippen LogP contribution in [0.15, 0.2) is 35.1 Å². The number of anilines is 1. The van der Waals surface area contributed by atoms with E-state index in [9.17, 15) is 14.2 Å². The van der Waals surface area contributed by atoms with Gasteiger partial charge in [0, 0.05) is 17.8 Å². The van der Waals surface area contributed by atoms with Crippen molar-refractivity contribution in [1.82, 2.24) is 20.3 Å². The van der Waals surface area contributed by atoms with E-state index < -0.39 is 7.60 Å². The molecular formula is C21H28N5O5P. The Hall–Kier alpha value is -2.94. The van der Waals surface area contributed by atoms with Crippen molar-refractivity contribution in [3.8, 4) is 0 Å². The molecule has 32 heavy (non-hydrogen) atoms. The third kappa shape index (κ3) is 6.06. The maximum Gasteiger partial charge on any atom is 0.332 e. The summed E-state index contributed by atoms with van der Waals surface area (Å²) in [6.07, 6.45) is 1.51. The molecule has 0 aliphatic heterocycles. The Labute approximate surface area is 185 Å². The molecule has 0 bridgehead atoms. The molecule has 0 spiro atoms. The number of amides is 1. The normalized spacial score (nSPS) is 11.7. The van der Waals surface area contributed by atoms with Gasteiger partial charge in [0.2, 0.25) is 5.95 Å². The van der Waals surface area contributed by atoms with Crippen LogP contribution in [0, 0.1) is 0 Å². The molecule has 0 saturated carbocycles. The van der Waals surface area contributed by atoms with Gasteiger partial charge in [-0.25, -0.2) is 0 Å². The first-order valence-corrected chi connectivity index (χ1v) is 12.2. The Morgan fingerprint density at radius 1 is 1.12 bits per heavy atom. The molecule has 5 N–H and O–H groups in total. The van der Waals surface area contributed by atoms with E-state index in [0.717, 1.165) is 11.3 Å². The number of H-pyrrole nitrogens is 2. The lowest BCUT2D eigenvalue weighted by Gasteiger charge is -2.17. The monoisotopic (exact) mass is 461 g/mol. The van der Waals surface area contributed by atoms with Crippen molar-refractivity contribution in [3.63, 3.8) is 0 Å². The number of rotatable bonds is 11. The number of aromatic amines is 2. The highest BCUT2D eigenvalue weighted by atomic mass is 31.2. The van der Waals surface area contributed by atoms with Crippen LogP contribution in [-0.2, 0) is 26.5 Å². The summed E-state index contributed by atoms with van der Waals surface area (Å²) in [4.78, 5) is 34.0. The molecule has 3 aromatic rings. The average Bonchev–Trinajstić information content (AvgIpc) is 3.16. The highest BCUT2D eigenvalue weighted by molar-refractivity contribution is 7.53. The maximum absolute atomic E-state index is 12.4. The molecule has 0 saturated heterocycles. The van der Waals surface area contributed by atoms with Crippen LogP contribution in [0.4, 0.5) is 5.95 Å². The predicted octanol–water partition coefficient (Wildman–Crippen LogP) is 2.61. The summed E-state index contributed by atoms with van der Waals surface area (Å²) in [7, 11) is -3.18. The highest BCUT2D eigenvalue weighted by Crippen LogP contribution is 2.47. The zero-order chi connectivity index (χ0) is 23.1. The molecule has 11 heteroatoms. The fourth-order valence-electron chi connectivity index (χ4n) is 3.30. The van der Waals surface area contributed by atoms with Gasteiger partial charge in [-0.05, 0) is 50.5 Å². The van der Waals surface area contributed by atoms with Gasteiger partial charge in [0.15, 0.2) is 0 Å². The number of nitrogens with one attached hydrogen (secondary N) is 3. The number of carbonyl (C=O) groups is 1. The quantitative estimate of drug-likeness (QED) is 0.320. The topological polar surface area (TPSA) is 152 Å². The van der Waals surface area contributed by atoms with Crippen LogP contribution >= 0.6 is 7.60 Å². The molecule has 0 unspecified atom stereocenters. The highest BCUT2D eigenvalue weighted by Gasteiger charge is 2.23. The number of fused-ring (bicyclic) bond motifs is 1. The first kappa shape index (κ1) is 23.7. The Kier molecular flexibility index (Phi) is 7.84. The number of aromatic nitrogens is 3. The minimum Gasteiger partial charge on any atom is -0.369 e. The van der Waals surface area contributed by atoms with E-state index >= 15 is 0 Å². The third-order valence-electron chi connectivity index (χ3n) is 4.79. The maximum atomic E-state index is 12.4. The third-order valence-corrected chi connectivity index (χ3v) is 6.87. The zero-order valence-corrected chi connectivity index (χ0v) is 19.0. The fraction of sp³-hybridized carbons (Fsp3) is 0.381. The van der Waals surface area contributed by atoms with E-state index in [1.54, 1.807) is 32.0 Å². The van der Waals surface area contributed by atoms with E-state index in [0.29, 0.717) is 29.4 Å². The van der Waals surface area contributed by atoms with Gasteiger partial charge in [-0.15, -0.1) is 0 Å². The molecule has 172 valence electrons. The minimum atomic E-state index is -3.18. The number of nitrogens with zero attached hydrogens (tertiary/aromatic N) is 1. The van der Waals surface area contributed by atoms with Crippen molar-refractivity contribution in [1.29, 1.82) is 0 Å². The van der Waals surface area contributed by atoms with Gasteiger partial charge >= 0.3 is 7.60 Å². The lowest BCUT2D eigenvalue weighted by Crippen LogP contribution is -2.27. The van der Waals surface area contributed by atoms with Crippen molar-refractivity contribution < 1.29 is 18.4 Å². The number of nitrogen functional groups attached to an aromatic ring is 1. The SMILES string of the molecule is CCOP(=O)(CCNC(=O)c1ccc(CCc2cc3c(=O)[nH]c(N)nc3[nH]2)cc1)OCC. The van der Waals surface area contributed by atoms with Crippen molar-refractivity contribution in [2.75, 3.05) is 31.7 Å². The standard InChI is InChI=1S/C21H28N5O5P/c1-3-30-32(29,31-4-2)12-11-23-19(27)15-8-5-14(6-9-15)7-10-16-13-17-18(24-16)25-21(22)26-20(17)28/h5-6,8-9,13H,3-4,7,10-12H2,1-2H3,(H,23,27)(H4,22,24,25,26,28). The van der Waals surface area contributed by atoms with Gasteiger partial charge in [0.05, 0.1) is 24.8 Å². The largest absolute Gasteiger partial charge is 0.369 e. The molecule has 2 heterocycles. The number of hydrogen-bond acceptors (Lipinski definition) is 7. The average molecular weight is 461 g/mol. The molecule has 0 aliphatic carbocycles. The summed E-state index contributed by atoms with van der Waals surface area (Å²) >= 11 is 0. The molecule has 1 amide bonds. The van der Waals surface area contributed by atoms with Crippen LogP contribution in [0.2, 0.25) is 0 Å². The van der Waals surface area contributed by atoms with Crippen LogP contribution in [0.1, 0.15) is 35.5 Å². The molecule has 0 radical (unpaired) electrons. The number of nitrogens with two attached hydrogens (primary N) is 1. The van der Waals surface area contributed by atoms with Crippen molar-refractivity contribution in [2.24, 2.45) is 0 Å². The van der Waals surface area contributed by atoms with Crippen molar-refractivity contribution in [2.45, 2.75) is 26.7 Å². The molecular weight excluding hydrogens is 433 g/mol. The van der Waals surface area contributed by atoms with Gasteiger partial charge in [0.25, 0.3) is 11.5 Å². The molecule has 10 nitrogen and oxygen atoms in total. The van der Waals surface area contributed by atoms with E-state index in [1.165, 1.54) is 0 Å². The van der Waals surface area contributed by atoms with Gasteiger partial charge in [-0.1, -0.05) is 12.1 Å². The summed E-state index contributed by atoms with van der Waals surface area (Å²) in [5.41, 5.74) is 8.18. The number of hydrogen-bond donors (Lipinski definition) is 4. The predicted molar refractivity (Wildman–Crippen MR) is 123 cm³/mol. The summed E-state index contributed by atoms with van der Waals surface area (Å²) in [6, 6.07) is 9.02. The number of benzene rings is 1. The van der Waals surface area contributed by atoms with E-state index in [2.05, 4.69) is 20.3 Å². The lowest BCUT2D eigenvalue weighted by molar-refractivity contribution is 0.0955. The summed E-state index contributed by atoms with van der Waals surface area (Å²) in [5, 5.41) is 3.22. The van der Waals surface area contributed by atoms with Crippen LogP contribution < -0.4 is 16.6 Å². The Bertz CT molecular complexity index is 1160. The second-order valence-electron chi connectivity index (χ2n) is 7.13. The van der Waals surface area contributed by atoms with Gasteiger partial charge in [-0.2, -0.15) is 4.98 Å². The summed E-state index contributed by atoms with van der Waals surface area (Å²) in [6.45, 7) is 4.25. The smallest absolute Gasteiger partial charge is 0.332 e. The van der Waals surface area contributed by atoms with Crippen molar-refractivity contribution >= 4 is 30.5 Å². The van der Waals surface area contributed by atoms with E-state index in [1.807, 2.05) is 12.1 Å². The van der Waals surface area contributed by atoms with Gasteiger partial charge < -0.3 is 25.1 Å². The van der Waals surface area contributed by atoms with Crippen LogP contribution in [0.3, 0.4) is 0 Å². The molecule has 0 aliphatic rings. The number of aryl methyl sites for hydroxylation is 2. The molecule has 1 aromatic carbocycles. The van der Waals surface area contributed by atoms with E-state index in [4.69, 9.17) is 14.8 Å². The summed E-state index contributed by atoms with van der Waals surface area (Å²) in [5.74, 6) is -0.182. The Morgan fingerprint density at radius 3 is 2.47 bits per heavy atom. The lowest BCUT2D eigenvalue weighted by atomic mass is 10.1. The van der Waals surface area contributed by atoms with Crippen LogP contribution in [-0.4, -0.2) is 46.8 Å². The fourth-order valence-corrected chi connectivity index (χ4v) is 4.80. The zero-order valence-electron chi connectivity index (χ0n) is 18.1.